The van der Waals surface area contributed by atoms with Gasteiger partial charge in [-0.1, -0.05) is 35.5 Å². The molecule has 3 aromatic rings. The first-order valence-electron chi connectivity index (χ1n) is 8.36. The number of anilines is 2. The van der Waals surface area contributed by atoms with Gasteiger partial charge in [-0.25, -0.2) is 8.42 Å². The molecule has 0 atom stereocenters. The Labute approximate surface area is 162 Å². The lowest BCUT2D eigenvalue weighted by Crippen LogP contribution is -2.38. The molecule has 1 aromatic heterocycles. The summed E-state index contributed by atoms with van der Waals surface area (Å²) in [7, 11) is -2.59. The molecule has 9 heteroatoms. The minimum absolute atomic E-state index is 0.0611. The van der Waals surface area contributed by atoms with Crippen LogP contribution in [0, 0.1) is 6.92 Å². The fraction of sp³-hybridized carbons (Fsp3) is 0.158. The lowest BCUT2D eigenvalue weighted by Gasteiger charge is -2.25. The number of methoxy groups -OCH3 is 1. The van der Waals surface area contributed by atoms with Crippen molar-refractivity contribution in [2.75, 3.05) is 23.3 Å². The molecule has 0 aliphatic carbocycles. The highest BCUT2D eigenvalue weighted by Crippen LogP contribution is 2.32. The van der Waals surface area contributed by atoms with Gasteiger partial charge < -0.3 is 14.6 Å². The summed E-state index contributed by atoms with van der Waals surface area (Å²) in [4.78, 5) is 12.6. The van der Waals surface area contributed by atoms with Crippen LogP contribution in [0.4, 0.5) is 11.5 Å². The van der Waals surface area contributed by atoms with Gasteiger partial charge in [0.1, 0.15) is 18.1 Å². The number of sulfonamides is 1. The van der Waals surface area contributed by atoms with E-state index in [1.54, 1.807) is 49.4 Å². The molecule has 0 unspecified atom stereocenters. The van der Waals surface area contributed by atoms with Gasteiger partial charge in [-0.3, -0.25) is 9.10 Å². The molecule has 0 saturated carbocycles. The molecule has 1 N–H and O–H groups in total. The molecule has 146 valence electrons. The number of nitrogens with zero attached hydrogens (tertiary/aromatic N) is 2. The molecule has 0 saturated heterocycles. The zero-order valence-electron chi connectivity index (χ0n) is 15.3. The second kappa shape index (κ2) is 8.13. The third-order valence-electron chi connectivity index (χ3n) is 3.87. The van der Waals surface area contributed by atoms with E-state index in [0.29, 0.717) is 11.5 Å². The minimum Gasteiger partial charge on any atom is -0.495 e. The van der Waals surface area contributed by atoms with Gasteiger partial charge in [0.15, 0.2) is 5.82 Å². The Bertz CT molecular complexity index is 1060. The van der Waals surface area contributed by atoms with Crippen molar-refractivity contribution in [3.8, 4) is 5.75 Å². The molecule has 0 aliphatic rings. The molecule has 28 heavy (non-hydrogen) atoms. The Morgan fingerprint density at radius 1 is 1.14 bits per heavy atom. The van der Waals surface area contributed by atoms with E-state index in [9.17, 15) is 13.2 Å². The fourth-order valence-corrected chi connectivity index (χ4v) is 4.05. The van der Waals surface area contributed by atoms with Crippen LogP contribution in [0.2, 0.25) is 0 Å². The van der Waals surface area contributed by atoms with Gasteiger partial charge >= 0.3 is 0 Å². The predicted molar refractivity (Wildman–Crippen MR) is 104 cm³/mol. The van der Waals surface area contributed by atoms with Gasteiger partial charge in [0.05, 0.1) is 17.7 Å². The van der Waals surface area contributed by atoms with Crippen LogP contribution in [0.15, 0.2) is 70.1 Å². The summed E-state index contributed by atoms with van der Waals surface area (Å²) in [6.45, 7) is 1.22. The van der Waals surface area contributed by atoms with Crippen molar-refractivity contribution >= 4 is 27.4 Å². The Kier molecular flexibility index (Phi) is 5.65. The van der Waals surface area contributed by atoms with Crippen molar-refractivity contribution in [1.82, 2.24) is 5.16 Å². The van der Waals surface area contributed by atoms with Crippen molar-refractivity contribution in [3.05, 3.63) is 66.4 Å². The average molecular weight is 401 g/mol. The van der Waals surface area contributed by atoms with Crippen LogP contribution in [0.1, 0.15) is 5.76 Å². The van der Waals surface area contributed by atoms with Crippen LogP contribution in [0.25, 0.3) is 0 Å². The molecule has 0 spiro atoms. The molecule has 1 heterocycles. The second-order valence-electron chi connectivity index (χ2n) is 5.87. The van der Waals surface area contributed by atoms with Gasteiger partial charge in [-0.15, -0.1) is 0 Å². The highest BCUT2D eigenvalue weighted by atomic mass is 32.2. The number of para-hydroxylation sites is 2. The zero-order valence-corrected chi connectivity index (χ0v) is 16.1. The molecule has 8 nitrogen and oxygen atoms in total. The number of carbonyl (C=O) groups is 1. The number of benzene rings is 2. The van der Waals surface area contributed by atoms with Gasteiger partial charge in [0.2, 0.25) is 5.91 Å². The number of rotatable bonds is 7. The van der Waals surface area contributed by atoms with Gasteiger partial charge in [0.25, 0.3) is 10.0 Å². The van der Waals surface area contributed by atoms with Crippen LogP contribution < -0.4 is 14.4 Å². The first kappa shape index (κ1) is 19.4. The largest absolute Gasteiger partial charge is 0.495 e. The lowest BCUT2D eigenvalue weighted by atomic mass is 10.3. The normalized spacial score (nSPS) is 11.1. The predicted octanol–water partition coefficient (Wildman–Crippen LogP) is 2.83. The first-order chi connectivity index (χ1) is 13.4. The van der Waals surface area contributed by atoms with E-state index in [0.717, 1.165) is 4.31 Å². The average Bonchev–Trinajstić information content (AvgIpc) is 3.11. The molecule has 0 radical (unpaired) electrons. The Balaban J connectivity index is 1.98. The molecule has 0 fully saturated rings. The highest BCUT2D eigenvalue weighted by molar-refractivity contribution is 7.92. The summed E-state index contributed by atoms with van der Waals surface area (Å²) in [6, 6.07) is 16.0. The quantitative estimate of drug-likeness (QED) is 0.653. The third kappa shape index (κ3) is 4.15. The summed E-state index contributed by atoms with van der Waals surface area (Å²) in [6.07, 6.45) is 0. The monoisotopic (exact) mass is 401 g/mol. The minimum atomic E-state index is -4.02. The van der Waals surface area contributed by atoms with Crippen molar-refractivity contribution in [2.24, 2.45) is 0 Å². The smallest absolute Gasteiger partial charge is 0.264 e. The zero-order chi connectivity index (χ0) is 20.1. The molecule has 1 amide bonds. The topological polar surface area (TPSA) is 102 Å². The molecule has 0 aliphatic heterocycles. The third-order valence-corrected chi connectivity index (χ3v) is 5.64. The summed E-state index contributed by atoms with van der Waals surface area (Å²) >= 11 is 0. The van der Waals surface area contributed by atoms with Crippen molar-refractivity contribution in [2.45, 2.75) is 11.8 Å². The molecule has 0 bridgehead atoms. The number of amides is 1. The summed E-state index contributed by atoms with van der Waals surface area (Å²) in [5, 5.41) is 6.22. The molecule has 3 rings (SSSR count). The number of ether oxygens (including phenoxy) is 1. The number of aryl methyl sites for hydroxylation is 1. The van der Waals surface area contributed by atoms with E-state index >= 15 is 0 Å². The number of hydrogen-bond acceptors (Lipinski definition) is 6. The van der Waals surface area contributed by atoms with E-state index in [-0.39, 0.29) is 16.4 Å². The summed E-state index contributed by atoms with van der Waals surface area (Å²) in [5.74, 6) is 0.485. The number of aromatic nitrogens is 1. The van der Waals surface area contributed by atoms with Crippen LogP contribution in [-0.4, -0.2) is 33.1 Å². The fourth-order valence-electron chi connectivity index (χ4n) is 2.59. The Hall–Kier alpha value is -3.33. The van der Waals surface area contributed by atoms with E-state index in [1.165, 1.54) is 25.3 Å². The molecular formula is C19H19N3O5S. The van der Waals surface area contributed by atoms with Crippen LogP contribution >= 0.6 is 0 Å². The van der Waals surface area contributed by atoms with E-state index in [1.807, 2.05) is 0 Å². The van der Waals surface area contributed by atoms with Crippen molar-refractivity contribution in [1.29, 1.82) is 0 Å². The van der Waals surface area contributed by atoms with E-state index in [2.05, 4.69) is 10.5 Å². The van der Waals surface area contributed by atoms with Crippen LogP contribution in [0.3, 0.4) is 0 Å². The van der Waals surface area contributed by atoms with E-state index in [4.69, 9.17) is 9.26 Å². The number of nitrogens with one attached hydrogen (secondary N) is 1. The molecule has 2 aromatic carbocycles. The van der Waals surface area contributed by atoms with Crippen LogP contribution in [-0.2, 0) is 14.8 Å². The maximum atomic E-state index is 13.2. The maximum Gasteiger partial charge on any atom is 0.264 e. The summed E-state index contributed by atoms with van der Waals surface area (Å²) < 4.78 is 37.7. The lowest BCUT2D eigenvalue weighted by molar-refractivity contribution is -0.114. The Morgan fingerprint density at radius 3 is 2.46 bits per heavy atom. The maximum absolute atomic E-state index is 13.2. The standard InChI is InChI=1S/C19H19N3O5S/c1-14-12-18(21-27-14)20-19(23)13-22(16-10-6-7-11-17(16)26-2)28(24,25)15-8-4-3-5-9-15/h3-12H,13H2,1-2H3,(H,20,21,23). The van der Waals surface area contributed by atoms with E-state index < -0.39 is 22.5 Å². The Morgan fingerprint density at radius 2 is 1.82 bits per heavy atom. The second-order valence-corrected chi connectivity index (χ2v) is 7.73. The van der Waals surface area contributed by atoms with Gasteiger partial charge in [-0.2, -0.15) is 0 Å². The summed E-state index contributed by atoms with van der Waals surface area (Å²) in [5.41, 5.74) is 0.250. The molecular weight excluding hydrogens is 382 g/mol. The number of carbonyl (C=O) groups excluding carboxylic acids is 1. The van der Waals surface area contributed by atoms with Crippen LogP contribution in [0.5, 0.6) is 5.75 Å². The SMILES string of the molecule is COc1ccccc1N(CC(=O)Nc1cc(C)on1)S(=O)(=O)c1ccccc1. The van der Waals surface area contributed by atoms with Crippen molar-refractivity contribution in [3.63, 3.8) is 0 Å². The highest BCUT2D eigenvalue weighted by Gasteiger charge is 2.29. The van der Waals surface area contributed by atoms with Gasteiger partial charge in [0, 0.05) is 6.07 Å². The first-order valence-corrected chi connectivity index (χ1v) is 9.80. The van der Waals surface area contributed by atoms with Crippen molar-refractivity contribution < 1.29 is 22.5 Å². The number of hydrogen-bond donors (Lipinski definition) is 1. The van der Waals surface area contributed by atoms with Gasteiger partial charge in [-0.05, 0) is 31.2 Å².